The first-order chi connectivity index (χ1) is 13.7. The van der Waals surface area contributed by atoms with Crippen molar-refractivity contribution < 1.29 is 18.7 Å². The fraction of sp³-hybridized carbons (Fsp3) is 0.0909. The first-order valence-electron chi connectivity index (χ1n) is 8.68. The van der Waals surface area contributed by atoms with Crippen LogP contribution in [0.3, 0.4) is 0 Å². The van der Waals surface area contributed by atoms with Crippen LogP contribution >= 0.6 is 11.8 Å². The van der Waals surface area contributed by atoms with E-state index in [0.29, 0.717) is 27.6 Å². The monoisotopic (exact) mass is 391 g/mol. The van der Waals surface area contributed by atoms with Crippen molar-refractivity contribution in [2.24, 2.45) is 0 Å². The largest absolute Gasteiger partial charge is 0.496 e. The highest BCUT2D eigenvalue weighted by Gasteiger charge is 2.40. The molecule has 140 valence electrons. The number of methoxy groups -OCH3 is 1. The predicted molar refractivity (Wildman–Crippen MR) is 106 cm³/mol. The molecule has 0 bridgehead atoms. The van der Waals surface area contributed by atoms with Gasteiger partial charge in [-0.05, 0) is 30.3 Å². The summed E-state index contributed by atoms with van der Waals surface area (Å²) in [5.74, 6) is 0.400. The fourth-order valence-corrected chi connectivity index (χ4v) is 4.07. The predicted octanol–water partition coefficient (Wildman–Crippen LogP) is 4.36. The van der Waals surface area contributed by atoms with Gasteiger partial charge in [-0.25, -0.2) is 0 Å². The zero-order valence-electron chi connectivity index (χ0n) is 15.1. The average Bonchev–Trinajstić information content (AvgIpc) is 3.32. The number of ether oxygens (including phenoxy) is 1. The molecule has 4 rings (SSSR count). The molecule has 0 saturated heterocycles. The van der Waals surface area contributed by atoms with Crippen LogP contribution in [-0.2, 0) is 16.1 Å². The molecular formula is C22H17NO4S. The maximum Gasteiger partial charge on any atom is 0.268 e. The minimum atomic E-state index is -0.357. The second kappa shape index (κ2) is 7.78. The molecule has 5 nitrogen and oxygen atoms in total. The van der Waals surface area contributed by atoms with Crippen molar-refractivity contribution in [1.29, 1.82) is 0 Å². The van der Waals surface area contributed by atoms with E-state index in [4.69, 9.17) is 9.15 Å². The quantitative estimate of drug-likeness (QED) is 0.584. The number of rotatable bonds is 6. The van der Waals surface area contributed by atoms with Crippen LogP contribution in [0.25, 0.3) is 5.57 Å². The molecule has 0 aliphatic carbocycles. The minimum Gasteiger partial charge on any atom is -0.496 e. The summed E-state index contributed by atoms with van der Waals surface area (Å²) in [4.78, 5) is 28.9. The molecule has 0 atom stereocenters. The summed E-state index contributed by atoms with van der Waals surface area (Å²) in [6, 6.07) is 20.2. The lowest BCUT2D eigenvalue weighted by atomic mass is 10.1. The first kappa shape index (κ1) is 18.1. The molecule has 2 aromatic carbocycles. The van der Waals surface area contributed by atoms with Gasteiger partial charge in [-0.15, -0.1) is 0 Å². The van der Waals surface area contributed by atoms with E-state index in [1.807, 2.05) is 42.5 Å². The minimum absolute atomic E-state index is 0.0855. The third kappa shape index (κ3) is 3.34. The molecule has 2 amide bonds. The fourth-order valence-electron chi connectivity index (χ4n) is 3.05. The van der Waals surface area contributed by atoms with Crippen molar-refractivity contribution in [2.45, 2.75) is 11.4 Å². The van der Waals surface area contributed by atoms with Gasteiger partial charge < -0.3 is 9.15 Å². The number of nitrogens with zero attached hydrogens (tertiary/aromatic N) is 1. The molecule has 2 heterocycles. The second-order valence-corrected chi connectivity index (χ2v) is 7.18. The number of amides is 2. The third-order valence-corrected chi connectivity index (χ3v) is 5.45. The normalized spacial score (nSPS) is 14.1. The molecular weight excluding hydrogens is 374 g/mol. The van der Waals surface area contributed by atoms with Crippen molar-refractivity contribution in [3.8, 4) is 5.75 Å². The van der Waals surface area contributed by atoms with E-state index >= 15 is 0 Å². The number of hydrogen-bond acceptors (Lipinski definition) is 5. The summed E-state index contributed by atoms with van der Waals surface area (Å²) in [6.07, 6.45) is 1.52. The van der Waals surface area contributed by atoms with Gasteiger partial charge in [0, 0.05) is 10.5 Å². The average molecular weight is 391 g/mol. The molecule has 1 aliphatic rings. The lowest BCUT2D eigenvalue weighted by molar-refractivity contribution is -0.137. The zero-order valence-corrected chi connectivity index (χ0v) is 15.9. The Morgan fingerprint density at radius 1 is 0.929 bits per heavy atom. The zero-order chi connectivity index (χ0) is 19.5. The number of thioether (sulfide) groups is 1. The standard InChI is InChI=1S/C22H17NO4S/c1-26-18-12-6-5-11-17(18)19-20(28-16-9-3-2-4-10-16)22(25)23(21(19)24)14-15-8-7-13-27-15/h2-13H,14H2,1H3. The van der Waals surface area contributed by atoms with E-state index in [1.54, 1.807) is 31.4 Å². The number of benzene rings is 2. The van der Waals surface area contributed by atoms with Gasteiger partial charge in [0.2, 0.25) is 0 Å². The number of para-hydroxylation sites is 1. The van der Waals surface area contributed by atoms with Gasteiger partial charge >= 0.3 is 0 Å². The summed E-state index contributed by atoms with van der Waals surface area (Å²) in [5.41, 5.74) is 0.951. The second-order valence-electron chi connectivity index (χ2n) is 6.10. The van der Waals surface area contributed by atoms with Crippen LogP contribution in [-0.4, -0.2) is 23.8 Å². The van der Waals surface area contributed by atoms with Crippen LogP contribution in [0.5, 0.6) is 5.75 Å². The molecule has 0 unspecified atom stereocenters. The molecule has 6 heteroatoms. The number of hydrogen-bond donors (Lipinski definition) is 0. The van der Waals surface area contributed by atoms with Crippen molar-refractivity contribution >= 4 is 29.1 Å². The topological polar surface area (TPSA) is 59.8 Å². The molecule has 28 heavy (non-hydrogen) atoms. The summed E-state index contributed by atoms with van der Waals surface area (Å²) < 4.78 is 10.8. The summed E-state index contributed by atoms with van der Waals surface area (Å²) in [5, 5.41) is 0. The van der Waals surface area contributed by atoms with Crippen LogP contribution in [0.1, 0.15) is 11.3 Å². The summed E-state index contributed by atoms with van der Waals surface area (Å²) in [7, 11) is 1.55. The molecule has 1 aromatic heterocycles. The van der Waals surface area contributed by atoms with E-state index in [-0.39, 0.29) is 18.4 Å². The number of imide groups is 1. The van der Waals surface area contributed by atoms with Gasteiger partial charge in [-0.3, -0.25) is 14.5 Å². The van der Waals surface area contributed by atoms with Crippen LogP contribution in [0.4, 0.5) is 0 Å². The molecule has 0 N–H and O–H groups in total. The number of carbonyl (C=O) groups is 2. The maximum atomic E-state index is 13.2. The van der Waals surface area contributed by atoms with E-state index in [2.05, 4.69) is 0 Å². The van der Waals surface area contributed by atoms with Gasteiger partial charge in [0.25, 0.3) is 11.8 Å². The van der Waals surface area contributed by atoms with Crippen LogP contribution in [0.15, 0.2) is 87.2 Å². The Morgan fingerprint density at radius 2 is 1.68 bits per heavy atom. The maximum absolute atomic E-state index is 13.2. The Kier molecular flexibility index (Phi) is 5.04. The van der Waals surface area contributed by atoms with Gasteiger partial charge in [0.05, 0.1) is 30.4 Å². The van der Waals surface area contributed by atoms with Gasteiger partial charge in [-0.2, -0.15) is 0 Å². The number of carbonyl (C=O) groups excluding carboxylic acids is 2. The highest BCUT2D eigenvalue weighted by molar-refractivity contribution is 8.04. The Bertz CT molecular complexity index is 1040. The highest BCUT2D eigenvalue weighted by atomic mass is 32.2. The Morgan fingerprint density at radius 3 is 2.39 bits per heavy atom. The van der Waals surface area contributed by atoms with Gasteiger partial charge in [0.15, 0.2) is 0 Å². The van der Waals surface area contributed by atoms with E-state index in [0.717, 1.165) is 4.90 Å². The van der Waals surface area contributed by atoms with Crippen molar-refractivity contribution in [3.05, 3.63) is 89.2 Å². The van der Waals surface area contributed by atoms with Crippen LogP contribution < -0.4 is 4.74 Å². The molecule has 0 saturated carbocycles. The van der Waals surface area contributed by atoms with Crippen LogP contribution in [0, 0.1) is 0 Å². The summed E-state index contributed by atoms with van der Waals surface area (Å²) >= 11 is 1.28. The Balaban J connectivity index is 1.79. The van der Waals surface area contributed by atoms with E-state index < -0.39 is 0 Å². The lowest BCUT2D eigenvalue weighted by Gasteiger charge is -2.14. The van der Waals surface area contributed by atoms with Crippen molar-refractivity contribution in [2.75, 3.05) is 7.11 Å². The Hall–Kier alpha value is -3.25. The highest BCUT2D eigenvalue weighted by Crippen LogP contribution is 2.42. The van der Waals surface area contributed by atoms with E-state index in [9.17, 15) is 9.59 Å². The van der Waals surface area contributed by atoms with Crippen molar-refractivity contribution in [1.82, 2.24) is 4.90 Å². The van der Waals surface area contributed by atoms with Gasteiger partial charge in [0.1, 0.15) is 11.5 Å². The number of furan rings is 1. The lowest BCUT2D eigenvalue weighted by Crippen LogP contribution is -2.30. The van der Waals surface area contributed by atoms with E-state index in [1.165, 1.54) is 22.9 Å². The molecule has 0 fully saturated rings. The molecule has 1 aliphatic heterocycles. The summed E-state index contributed by atoms with van der Waals surface area (Å²) in [6.45, 7) is 0.0855. The Labute approximate surface area is 166 Å². The molecule has 3 aromatic rings. The third-order valence-electron chi connectivity index (χ3n) is 4.36. The smallest absolute Gasteiger partial charge is 0.268 e. The van der Waals surface area contributed by atoms with Crippen LogP contribution in [0.2, 0.25) is 0 Å². The molecule has 0 spiro atoms. The first-order valence-corrected chi connectivity index (χ1v) is 9.50. The SMILES string of the molecule is COc1ccccc1C1=C(Sc2ccccc2)C(=O)N(Cc2ccco2)C1=O. The van der Waals surface area contributed by atoms with Gasteiger partial charge in [-0.1, -0.05) is 48.2 Å². The molecule has 0 radical (unpaired) electrons. The van der Waals surface area contributed by atoms with Crippen molar-refractivity contribution in [3.63, 3.8) is 0 Å².